The van der Waals surface area contributed by atoms with E-state index >= 15 is 0 Å². The molecule has 3 rings (SSSR count). The summed E-state index contributed by atoms with van der Waals surface area (Å²) in [4.78, 5) is 8.65. The quantitative estimate of drug-likeness (QED) is 0.850. The third kappa shape index (κ3) is 2.01. The van der Waals surface area contributed by atoms with Crippen molar-refractivity contribution in [2.24, 2.45) is 0 Å². The summed E-state index contributed by atoms with van der Waals surface area (Å²) in [5, 5.41) is 4.65. The van der Waals surface area contributed by atoms with Crippen molar-refractivity contribution < 1.29 is 0 Å². The van der Waals surface area contributed by atoms with Gasteiger partial charge in [0.1, 0.15) is 0 Å². The molecule has 3 nitrogen and oxygen atoms in total. The molecule has 15 heavy (non-hydrogen) atoms. The molecule has 0 amide bonds. The summed E-state index contributed by atoms with van der Waals surface area (Å²) in [6.07, 6.45) is 3.78. The summed E-state index contributed by atoms with van der Waals surface area (Å²) >= 11 is 1.86. The number of hydrogen-bond donors (Lipinski definition) is 1. The van der Waals surface area contributed by atoms with Crippen LogP contribution in [0.5, 0.6) is 0 Å². The highest BCUT2D eigenvalue weighted by atomic mass is 32.1. The lowest BCUT2D eigenvalue weighted by Gasteiger charge is -2.23. The van der Waals surface area contributed by atoms with Gasteiger partial charge in [0.2, 0.25) is 0 Å². The van der Waals surface area contributed by atoms with Crippen LogP contribution in [0.2, 0.25) is 0 Å². The molecule has 0 radical (unpaired) electrons. The first-order chi connectivity index (χ1) is 7.35. The second kappa shape index (κ2) is 3.76. The Labute approximate surface area is 94.5 Å². The van der Waals surface area contributed by atoms with Crippen LogP contribution in [0.15, 0.2) is 0 Å². The van der Waals surface area contributed by atoms with Crippen molar-refractivity contribution in [3.63, 3.8) is 0 Å². The van der Waals surface area contributed by atoms with Crippen molar-refractivity contribution in [1.29, 1.82) is 0 Å². The van der Waals surface area contributed by atoms with Gasteiger partial charge in [-0.1, -0.05) is 6.92 Å². The van der Waals surface area contributed by atoms with Gasteiger partial charge in [-0.25, -0.2) is 4.98 Å². The molecule has 0 saturated heterocycles. The van der Waals surface area contributed by atoms with Crippen LogP contribution in [-0.2, 0) is 13.0 Å². The number of nitrogens with zero attached hydrogens (tertiary/aromatic N) is 2. The van der Waals surface area contributed by atoms with Gasteiger partial charge in [0, 0.05) is 30.4 Å². The number of anilines is 1. The maximum absolute atomic E-state index is 4.68. The van der Waals surface area contributed by atoms with Crippen molar-refractivity contribution in [3.05, 3.63) is 10.6 Å². The molecule has 1 saturated carbocycles. The minimum atomic E-state index is 0.722. The fourth-order valence-corrected chi connectivity index (χ4v) is 3.11. The minimum absolute atomic E-state index is 0.722. The van der Waals surface area contributed by atoms with E-state index in [-0.39, 0.29) is 0 Å². The van der Waals surface area contributed by atoms with Crippen molar-refractivity contribution in [3.8, 4) is 0 Å². The number of thiazole rings is 1. The summed E-state index contributed by atoms with van der Waals surface area (Å²) in [7, 11) is 0. The van der Waals surface area contributed by atoms with E-state index in [4.69, 9.17) is 0 Å². The molecule has 1 N–H and O–H groups in total. The molecule has 0 unspecified atom stereocenters. The van der Waals surface area contributed by atoms with Crippen LogP contribution in [0.3, 0.4) is 0 Å². The zero-order valence-corrected chi connectivity index (χ0v) is 9.94. The molecule has 1 aliphatic carbocycles. The van der Waals surface area contributed by atoms with Crippen LogP contribution in [0.25, 0.3) is 0 Å². The largest absolute Gasteiger partial charge is 0.359 e. The van der Waals surface area contributed by atoms with E-state index in [1.165, 1.54) is 30.0 Å². The average Bonchev–Trinajstić information content (AvgIpc) is 2.96. The Morgan fingerprint density at radius 2 is 2.40 bits per heavy atom. The van der Waals surface area contributed by atoms with Gasteiger partial charge in [0.15, 0.2) is 5.13 Å². The first-order valence-corrected chi connectivity index (χ1v) is 6.64. The maximum Gasteiger partial charge on any atom is 0.183 e. The lowest BCUT2D eigenvalue weighted by molar-refractivity contribution is 0.270. The molecule has 1 fully saturated rings. The molecule has 0 atom stereocenters. The lowest BCUT2D eigenvalue weighted by Crippen LogP contribution is -2.29. The lowest BCUT2D eigenvalue weighted by atomic mass is 10.2. The number of aromatic nitrogens is 1. The van der Waals surface area contributed by atoms with Gasteiger partial charge in [-0.05, 0) is 19.4 Å². The van der Waals surface area contributed by atoms with E-state index in [0.29, 0.717) is 0 Å². The normalized spacial score (nSPS) is 21.4. The van der Waals surface area contributed by atoms with Gasteiger partial charge < -0.3 is 5.32 Å². The average molecular weight is 223 g/mol. The van der Waals surface area contributed by atoms with E-state index in [2.05, 4.69) is 22.1 Å². The summed E-state index contributed by atoms with van der Waals surface area (Å²) in [5.41, 5.74) is 1.34. The molecular formula is C11H17N3S. The third-order valence-electron chi connectivity index (χ3n) is 3.16. The van der Waals surface area contributed by atoms with E-state index in [1.807, 2.05) is 11.3 Å². The summed E-state index contributed by atoms with van der Waals surface area (Å²) in [5.74, 6) is 0. The molecule has 2 aliphatic rings. The molecule has 82 valence electrons. The van der Waals surface area contributed by atoms with E-state index in [0.717, 1.165) is 30.7 Å². The second-order valence-corrected chi connectivity index (χ2v) is 5.51. The van der Waals surface area contributed by atoms with Crippen LogP contribution in [0.4, 0.5) is 5.13 Å². The van der Waals surface area contributed by atoms with Gasteiger partial charge in [0.25, 0.3) is 0 Å². The molecule has 0 bridgehead atoms. The highest BCUT2D eigenvalue weighted by molar-refractivity contribution is 7.15. The predicted molar refractivity (Wildman–Crippen MR) is 63.4 cm³/mol. The van der Waals surface area contributed by atoms with E-state index in [1.54, 1.807) is 0 Å². The number of likely N-dealkylation sites (N-methyl/N-ethyl adjacent to an activating group) is 1. The number of hydrogen-bond acceptors (Lipinski definition) is 4. The number of fused-ring (bicyclic) bond motifs is 1. The van der Waals surface area contributed by atoms with Crippen LogP contribution in [0, 0.1) is 0 Å². The zero-order chi connectivity index (χ0) is 10.3. The van der Waals surface area contributed by atoms with Crippen LogP contribution >= 0.6 is 11.3 Å². The summed E-state index contributed by atoms with van der Waals surface area (Å²) < 4.78 is 0. The van der Waals surface area contributed by atoms with Crippen LogP contribution in [-0.4, -0.2) is 29.0 Å². The Bertz CT molecular complexity index is 357. The molecule has 4 heteroatoms. The van der Waals surface area contributed by atoms with Gasteiger partial charge in [-0.2, -0.15) is 0 Å². The van der Waals surface area contributed by atoms with Crippen molar-refractivity contribution in [2.75, 3.05) is 18.4 Å². The van der Waals surface area contributed by atoms with Crippen LogP contribution in [0.1, 0.15) is 30.3 Å². The second-order valence-electron chi connectivity index (χ2n) is 4.43. The highest BCUT2D eigenvalue weighted by Gasteiger charge is 2.24. The Hall–Kier alpha value is -0.610. The van der Waals surface area contributed by atoms with Gasteiger partial charge in [-0.15, -0.1) is 11.3 Å². The molecule has 1 aliphatic heterocycles. The smallest absolute Gasteiger partial charge is 0.183 e. The van der Waals surface area contributed by atoms with Crippen molar-refractivity contribution in [1.82, 2.24) is 9.88 Å². The number of rotatable bonds is 3. The van der Waals surface area contributed by atoms with Gasteiger partial charge in [-0.3, -0.25) is 4.90 Å². The first kappa shape index (κ1) is 9.60. The monoisotopic (exact) mass is 223 g/mol. The molecular weight excluding hydrogens is 206 g/mol. The Kier molecular flexibility index (Phi) is 2.41. The first-order valence-electron chi connectivity index (χ1n) is 5.82. The predicted octanol–water partition coefficient (Wildman–Crippen LogP) is 2.10. The van der Waals surface area contributed by atoms with Crippen molar-refractivity contribution >= 4 is 16.5 Å². The van der Waals surface area contributed by atoms with E-state index < -0.39 is 0 Å². The molecule has 2 heterocycles. The summed E-state index contributed by atoms with van der Waals surface area (Å²) in [6.45, 7) is 5.67. The minimum Gasteiger partial charge on any atom is -0.359 e. The van der Waals surface area contributed by atoms with E-state index in [9.17, 15) is 0 Å². The van der Waals surface area contributed by atoms with Crippen LogP contribution < -0.4 is 5.32 Å². The standard InChI is InChI=1S/C11H17N3S/c1-2-14-6-5-9-10(7-14)15-11(13-9)12-8-3-4-8/h8H,2-7H2,1H3,(H,12,13). The van der Waals surface area contributed by atoms with Crippen molar-refractivity contribution in [2.45, 2.75) is 38.8 Å². The maximum atomic E-state index is 4.68. The Morgan fingerprint density at radius 1 is 1.53 bits per heavy atom. The third-order valence-corrected chi connectivity index (χ3v) is 4.18. The molecule has 0 aromatic carbocycles. The fraction of sp³-hybridized carbons (Fsp3) is 0.727. The highest BCUT2D eigenvalue weighted by Crippen LogP contribution is 2.31. The van der Waals surface area contributed by atoms with Gasteiger partial charge >= 0.3 is 0 Å². The molecule has 0 spiro atoms. The Morgan fingerprint density at radius 3 is 3.13 bits per heavy atom. The fourth-order valence-electron chi connectivity index (χ4n) is 1.98. The molecule has 1 aromatic heterocycles. The zero-order valence-electron chi connectivity index (χ0n) is 9.12. The number of nitrogens with one attached hydrogen (secondary N) is 1. The SMILES string of the molecule is CCN1CCc2nc(NC3CC3)sc2C1. The topological polar surface area (TPSA) is 28.2 Å². The molecule has 1 aromatic rings. The summed E-state index contributed by atoms with van der Waals surface area (Å²) in [6, 6.07) is 0.722. The van der Waals surface area contributed by atoms with Gasteiger partial charge in [0.05, 0.1) is 5.69 Å². The Balaban J connectivity index is 1.75.